The van der Waals surface area contributed by atoms with Crippen molar-refractivity contribution in [3.63, 3.8) is 0 Å². The minimum atomic E-state index is -0.302. The molecule has 0 spiro atoms. The van der Waals surface area contributed by atoms with Gasteiger partial charge in [-0.05, 0) is 131 Å². The van der Waals surface area contributed by atoms with E-state index in [2.05, 4.69) is 146 Å². The molecule has 0 fully saturated rings. The van der Waals surface area contributed by atoms with Gasteiger partial charge in [-0.1, -0.05) is 6.92 Å². The van der Waals surface area contributed by atoms with Gasteiger partial charge in [0, 0.05) is 33.2 Å². The summed E-state index contributed by atoms with van der Waals surface area (Å²) < 4.78 is 0. The SMILES string of the molecule is CCC(N(C(C)(C)C)C(C)(C)C)(N(C(C)(C)C)C(C)(C)C)N(C(C)(C)C)C(C)(C)C. The molecule has 182 valence electrons. The quantitative estimate of drug-likeness (QED) is 0.426. The second kappa shape index (κ2) is 8.34. The number of hydrogen-bond donors (Lipinski definition) is 0. The predicted octanol–water partition coefficient (Wildman–Crippen LogP) is 7.75. The Bertz CT molecular complexity index is 427. The van der Waals surface area contributed by atoms with E-state index >= 15 is 0 Å². The van der Waals surface area contributed by atoms with Gasteiger partial charge in [-0.15, -0.1) is 0 Å². The molecule has 0 bridgehead atoms. The fraction of sp³-hybridized carbons (Fsp3) is 1.00. The second-order valence-electron chi connectivity index (χ2n) is 15.2. The zero-order chi connectivity index (χ0) is 24.9. The van der Waals surface area contributed by atoms with Crippen LogP contribution in [0.3, 0.4) is 0 Å². The summed E-state index contributed by atoms with van der Waals surface area (Å²) in [7, 11) is 0. The van der Waals surface area contributed by atoms with E-state index in [9.17, 15) is 0 Å². The molecule has 0 aliphatic heterocycles. The molecule has 0 atom stereocenters. The van der Waals surface area contributed by atoms with Crippen molar-refractivity contribution in [3.8, 4) is 0 Å². The third-order valence-electron chi connectivity index (χ3n) is 5.57. The normalized spacial score (nSPS) is 16.2. The van der Waals surface area contributed by atoms with Crippen molar-refractivity contribution >= 4 is 0 Å². The molecule has 0 unspecified atom stereocenters. The lowest BCUT2D eigenvalue weighted by Crippen LogP contribution is -2.85. The van der Waals surface area contributed by atoms with E-state index in [1.165, 1.54) is 0 Å². The van der Waals surface area contributed by atoms with Crippen LogP contribution in [0.25, 0.3) is 0 Å². The average Bonchev–Trinajstić information content (AvgIpc) is 2.26. The molecule has 0 aromatic heterocycles. The van der Waals surface area contributed by atoms with Gasteiger partial charge in [0.2, 0.25) is 0 Å². The van der Waals surface area contributed by atoms with Crippen molar-refractivity contribution in [2.45, 2.75) is 177 Å². The number of nitrogens with zero attached hydrogens (tertiary/aromatic N) is 3. The lowest BCUT2D eigenvalue weighted by Gasteiger charge is -2.72. The molecule has 0 radical (unpaired) electrons. The lowest BCUT2D eigenvalue weighted by atomic mass is 9.81. The highest BCUT2D eigenvalue weighted by molar-refractivity contribution is 5.11. The Hall–Kier alpha value is -0.120. The highest BCUT2D eigenvalue weighted by Crippen LogP contribution is 2.50. The van der Waals surface area contributed by atoms with E-state index in [0.717, 1.165) is 6.42 Å². The predicted molar refractivity (Wildman–Crippen MR) is 137 cm³/mol. The fourth-order valence-electron chi connectivity index (χ4n) is 7.02. The summed E-state index contributed by atoms with van der Waals surface area (Å²) in [5.41, 5.74) is -0.180. The van der Waals surface area contributed by atoms with E-state index in [0.29, 0.717) is 0 Å². The zero-order valence-corrected chi connectivity index (χ0v) is 24.5. The average molecular weight is 426 g/mol. The largest absolute Gasteiger partial charge is 0.263 e. The molecule has 0 aliphatic rings. The Balaban J connectivity index is 7.95. The van der Waals surface area contributed by atoms with Gasteiger partial charge in [0.05, 0.1) is 0 Å². The molecular weight excluding hydrogens is 366 g/mol. The third-order valence-corrected chi connectivity index (χ3v) is 5.57. The first-order valence-electron chi connectivity index (χ1n) is 12.1. The highest BCUT2D eigenvalue weighted by atomic mass is 15.6. The maximum atomic E-state index is 2.81. The van der Waals surface area contributed by atoms with E-state index in [4.69, 9.17) is 0 Å². The molecule has 0 amide bonds. The van der Waals surface area contributed by atoms with Crippen molar-refractivity contribution in [3.05, 3.63) is 0 Å². The molecule has 30 heavy (non-hydrogen) atoms. The molecule has 0 aromatic carbocycles. The monoisotopic (exact) mass is 425 g/mol. The molecule has 0 saturated carbocycles. The summed E-state index contributed by atoms with van der Waals surface area (Å²) in [5, 5.41) is 0. The van der Waals surface area contributed by atoms with Crippen LogP contribution in [0, 0.1) is 0 Å². The van der Waals surface area contributed by atoms with E-state index in [1.54, 1.807) is 0 Å². The van der Waals surface area contributed by atoms with Crippen LogP contribution in [0.4, 0.5) is 0 Å². The van der Waals surface area contributed by atoms with Crippen molar-refractivity contribution in [2.75, 3.05) is 0 Å². The molecule has 3 nitrogen and oxygen atoms in total. The highest BCUT2D eigenvalue weighted by Gasteiger charge is 2.62. The fourth-order valence-corrected chi connectivity index (χ4v) is 7.02. The first-order valence-corrected chi connectivity index (χ1v) is 12.1. The summed E-state index contributed by atoms with van der Waals surface area (Å²) in [4.78, 5) is 8.42. The standard InChI is InChI=1S/C27H59N3/c1-20-27(28(21(2,3)4)22(5,6)7,29(23(8,9)10)24(11,12)13)30(25(14,15)16)26(17,18)19/h20H2,1-19H3. The van der Waals surface area contributed by atoms with Gasteiger partial charge in [0.25, 0.3) is 0 Å². The van der Waals surface area contributed by atoms with Crippen LogP contribution in [0.1, 0.15) is 138 Å². The van der Waals surface area contributed by atoms with Gasteiger partial charge in [0.15, 0.2) is 0 Å². The van der Waals surface area contributed by atoms with Crippen molar-refractivity contribution in [1.82, 2.24) is 14.7 Å². The summed E-state index contributed by atoms with van der Waals surface area (Å²) >= 11 is 0. The summed E-state index contributed by atoms with van der Waals surface area (Å²) in [6, 6.07) is 0. The van der Waals surface area contributed by atoms with Crippen molar-refractivity contribution in [2.24, 2.45) is 0 Å². The van der Waals surface area contributed by atoms with Crippen molar-refractivity contribution < 1.29 is 0 Å². The van der Waals surface area contributed by atoms with Crippen LogP contribution in [0.15, 0.2) is 0 Å². The molecule has 0 saturated heterocycles. The van der Waals surface area contributed by atoms with Gasteiger partial charge in [-0.25, -0.2) is 0 Å². The van der Waals surface area contributed by atoms with Gasteiger partial charge >= 0.3 is 0 Å². The molecule has 0 aromatic rings. The van der Waals surface area contributed by atoms with E-state index < -0.39 is 0 Å². The Kier molecular flexibility index (Phi) is 8.31. The van der Waals surface area contributed by atoms with E-state index in [-0.39, 0.29) is 39.0 Å². The molecular formula is C27H59N3. The van der Waals surface area contributed by atoms with Gasteiger partial charge in [-0.2, -0.15) is 0 Å². The molecule has 3 heteroatoms. The topological polar surface area (TPSA) is 9.72 Å². The van der Waals surface area contributed by atoms with Crippen LogP contribution in [-0.2, 0) is 0 Å². The number of rotatable bonds is 4. The van der Waals surface area contributed by atoms with Crippen LogP contribution in [-0.4, -0.2) is 53.7 Å². The first-order chi connectivity index (χ1) is 12.7. The minimum absolute atomic E-state index is 0.0300. The van der Waals surface area contributed by atoms with Crippen LogP contribution in [0.2, 0.25) is 0 Å². The Morgan fingerprint density at radius 2 is 0.467 bits per heavy atom. The van der Waals surface area contributed by atoms with E-state index in [1.807, 2.05) is 0 Å². The Morgan fingerprint density at radius 1 is 0.333 bits per heavy atom. The van der Waals surface area contributed by atoms with Crippen LogP contribution < -0.4 is 0 Å². The van der Waals surface area contributed by atoms with Crippen LogP contribution >= 0.6 is 0 Å². The van der Waals surface area contributed by atoms with Crippen molar-refractivity contribution in [1.29, 1.82) is 0 Å². The van der Waals surface area contributed by atoms with Gasteiger partial charge < -0.3 is 0 Å². The molecule has 0 rings (SSSR count). The second-order valence-corrected chi connectivity index (χ2v) is 15.2. The third kappa shape index (κ3) is 6.23. The molecule has 0 heterocycles. The summed E-state index contributed by atoms with van der Waals surface area (Å²) in [5.74, 6) is -0.302. The number of hydrogen-bond acceptors (Lipinski definition) is 3. The van der Waals surface area contributed by atoms with Gasteiger partial charge in [0.1, 0.15) is 5.79 Å². The lowest BCUT2D eigenvalue weighted by molar-refractivity contribution is -0.309. The zero-order valence-electron chi connectivity index (χ0n) is 24.5. The summed E-state index contributed by atoms with van der Waals surface area (Å²) in [6.45, 7) is 45.3. The minimum Gasteiger partial charge on any atom is -0.263 e. The van der Waals surface area contributed by atoms with Gasteiger partial charge in [-0.3, -0.25) is 14.7 Å². The molecule has 0 N–H and O–H groups in total. The maximum Gasteiger partial charge on any atom is 0.133 e. The first kappa shape index (κ1) is 29.9. The smallest absolute Gasteiger partial charge is 0.133 e. The maximum absolute atomic E-state index is 2.81. The molecule has 0 aliphatic carbocycles. The van der Waals surface area contributed by atoms with Crippen LogP contribution in [0.5, 0.6) is 0 Å². The summed E-state index contributed by atoms with van der Waals surface area (Å²) in [6.07, 6.45) is 1.00. The Labute approximate surface area is 192 Å². The Morgan fingerprint density at radius 3 is 0.533 bits per heavy atom.